The number of hydrogen-bond donors (Lipinski definition) is 0. The van der Waals surface area contributed by atoms with Crippen LogP contribution in [0.15, 0.2) is 33.4 Å². The average Bonchev–Trinajstić information content (AvgIpc) is 3.64. The lowest BCUT2D eigenvalue weighted by Crippen LogP contribution is -2.51. The van der Waals surface area contributed by atoms with Crippen LogP contribution in [-0.2, 0) is 16.0 Å². The molecule has 13 heteroatoms. The van der Waals surface area contributed by atoms with Gasteiger partial charge in [0.05, 0.1) is 23.2 Å². The van der Waals surface area contributed by atoms with Crippen LogP contribution < -0.4 is 0 Å². The number of nitrogens with zero attached hydrogens (tertiary/aromatic N) is 8. The van der Waals surface area contributed by atoms with Gasteiger partial charge in [0, 0.05) is 51.7 Å². The van der Waals surface area contributed by atoms with E-state index in [4.69, 9.17) is 9.40 Å². The van der Waals surface area contributed by atoms with Gasteiger partial charge in [0.25, 0.3) is 5.89 Å². The van der Waals surface area contributed by atoms with Gasteiger partial charge in [-0.05, 0) is 53.2 Å². The van der Waals surface area contributed by atoms with Crippen molar-refractivity contribution in [3.8, 4) is 17.1 Å². The number of aromatic nitrogens is 6. The maximum atomic E-state index is 15.0. The summed E-state index contributed by atoms with van der Waals surface area (Å²) in [7, 11) is 1.76. The summed E-state index contributed by atoms with van der Waals surface area (Å²) in [4.78, 5) is 37.8. The van der Waals surface area contributed by atoms with Crippen molar-refractivity contribution in [2.45, 2.75) is 32.6 Å². The molecule has 2 aliphatic rings. The van der Waals surface area contributed by atoms with Crippen LogP contribution in [0.2, 0.25) is 0 Å². The normalized spacial score (nSPS) is 19.8. The molecule has 11 nitrogen and oxygen atoms in total. The third kappa shape index (κ3) is 4.90. The van der Waals surface area contributed by atoms with Crippen molar-refractivity contribution in [2.75, 3.05) is 26.7 Å². The van der Waals surface area contributed by atoms with Gasteiger partial charge < -0.3 is 14.2 Å². The maximum absolute atomic E-state index is 15.0. The molecule has 1 saturated carbocycles. The lowest BCUT2D eigenvalue weighted by molar-refractivity contribution is -0.146. The molecule has 1 aliphatic heterocycles. The van der Waals surface area contributed by atoms with Gasteiger partial charge in [-0.1, -0.05) is 0 Å². The molecule has 1 aliphatic carbocycles. The van der Waals surface area contributed by atoms with Crippen molar-refractivity contribution in [1.29, 1.82) is 0 Å². The first kappa shape index (κ1) is 25.5. The highest BCUT2D eigenvalue weighted by atomic mass is 79.9. The molecule has 6 rings (SSSR count). The summed E-state index contributed by atoms with van der Waals surface area (Å²) in [6, 6.07) is 4.64. The fourth-order valence-corrected chi connectivity index (χ4v) is 5.78. The van der Waals surface area contributed by atoms with Crippen LogP contribution in [0.25, 0.3) is 28.2 Å². The van der Waals surface area contributed by atoms with E-state index in [1.54, 1.807) is 46.8 Å². The first-order valence-corrected chi connectivity index (χ1v) is 13.6. The molecule has 1 aromatic carbocycles. The molecule has 2 atom stereocenters. The fraction of sp³-hybridized carbons (Fsp3) is 0.423. The second kappa shape index (κ2) is 10.1. The van der Waals surface area contributed by atoms with Crippen LogP contribution in [0.4, 0.5) is 4.39 Å². The van der Waals surface area contributed by atoms with Crippen molar-refractivity contribution >= 4 is 38.8 Å². The molecule has 202 valence electrons. The van der Waals surface area contributed by atoms with Crippen LogP contribution >= 0.6 is 15.9 Å². The lowest BCUT2D eigenvalue weighted by Gasteiger charge is -2.33. The molecular weight excluding hydrogens is 571 g/mol. The van der Waals surface area contributed by atoms with Crippen LogP contribution in [0, 0.1) is 24.6 Å². The Morgan fingerprint density at radius 1 is 1.23 bits per heavy atom. The van der Waals surface area contributed by atoms with E-state index in [2.05, 4.69) is 36.2 Å². The predicted molar refractivity (Wildman–Crippen MR) is 141 cm³/mol. The number of carbonyl (C=O) groups is 2. The third-order valence-corrected chi connectivity index (χ3v) is 8.10. The number of likely N-dealkylation sites (N-methyl/N-ethyl adjacent to an activating group) is 1. The highest BCUT2D eigenvalue weighted by molar-refractivity contribution is 9.10. The van der Waals surface area contributed by atoms with E-state index in [0.717, 1.165) is 19.3 Å². The Balaban J connectivity index is 1.19. The summed E-state index contributed by atoms with van der Waals surface area (Å²) >= 11 is 3.46. The van der Waals surface area contributed by atoms with E-state index in [1.807, 2.05) is 0 Å². The van der Waals surface area contributed by atoms with E-state index >= 15 is 0 Å². The number of amides is 2. The van der Waals surface area contributed by atoms with Gasteiger partial charge in [-0.15, -0.1) is 10.2 Å². The number of carbonyl (C=O) groups excluding carboxylic acids is 2. The molecule has 2 amide bonds. The molecule has 4 heterocycles. The highest BCUT2D eigenvalue weighted by Gasteiger charge is 2.35. The molecule has 39 heavy (non-hydrogen) atoms. The number of halogens is 2. The Kier molecular flexibility index (Phi) is 6.61. The van der Waals surface area contributed by atoms with Crippen LogP contribution in [0.1, 0.15) is 31.0 Å². The second-order valence-corrected chi connectivity index (χ2v) is 10.9. The monoisotopic (exact) mass is 596 g/mol. The van der Waals surface area contributed by atoms with E-state index in [-0.39, 0.29) is 41.6 Å². The topological polar surface area (TPSA) is 123 Å². The second-order valence-electron chi connectivity index (χ2n) is 10.2. The van der Waals surface area contributed by atoms with Crippen LogP contribution in [0.3, 0.4) is 0 Å². The number of rotatable bonds is 5. The van der Waals surface area contributed by atoms with Gasteiger partial charge in [0.1, 0.15) is 16.2 Å². The first-order valence-electron chi connectivity index (χ1n) is 12.8. The van der Waals surface area contributed by atoms with Gasteiger partial charge in [0.15, 0.2) is 5.65 Å². The molecule has 2 fully saturated rings. The summed E-state index contributed by atoms with van der Waals surface area (Å²) in [6.07, 6.45) is 4.76. The van der Waals surface area contributed by atoms with Crippen molar-refractivity contribution in [3.05, 3.63) is 46.5 Å². The maximum Gasteiger partial charge on any atom is 0.250 e. The number of fused-ring (bicyclic) bond motifs is 1. The highest BCUT2D eigenvalue weighted by Crippen LogP contribution is 2.35. The number of benzene rings is 1. The van der Waals surface area contributed by atoms with Crippen molar-refractivity contribution in [2.24, 2.45) is 11.8 Å². The quantitative estimate of drug-likeness (QED) is 0.344. The van der Waals surface area contributed by atoms with Gasteiger partial charge in [-0.2, -0.15) is 5.10 Å². The van der Waals surface area contributed by atoms with Crippen LogP contribution in [0.5, 0.6) is 0 Å². The Hall–Kier alpha value is -3.74. The summed E-state index contributed by atoms with van der Waals surface area (Å²) in [5.74, 6) is 0.808. The number of piperazine rings is 1. The van der Waals surface area contributed by atoms with E-state index in [9.17, 15) is 14.0 Å². The summed E-state index contributed by atoms with van der Waals surface area (Å²) < 4.78 is 22.5. The van der Waals surface area contributed by atoms with E-state index in [0.29, 0.717) is 52.5 Å². The average molecular weight is 597 g/mol. The molecule has 0 spiro atoms. The molecule has 0 N–H and O–H groups in total. The van der Waals surface area contributed by atoms with E-state index in [1.165, 1.54) is 6.07 Å². The van der Waals surface area contributed by atoms with Gasteiger partial charge in [-0.3, -0.25) is 9.59 Å². The minimum Gasteiger partial charge on any atom is -0.421 e. The molecule has 0 unspecified atom stereocenters. The largest absolute Gasteiger partial charge is 0.421 e. The third-order valence-electron chi connectivity index (χ3n) is 7.51. The van der Waals surface area contributed by atoms with Crippen LogP contribution in [-0.4, -0.2) is 78.2 Å². The smallest absolute Gasteiger partial charge is 0.250 e. The Labute approximate surface area is 231 Å². The lowest BCUT2D eigenvalue weighted by atomic mass is 10.00. The minimum absolute atomic E-state index is 0.0205. The predicted octanol–water partition coefficient (Wildman–Crippen LogP) is 3.33. The Bertz CT molecular complexity index is 1590. The van der Waals surface area contributed by atoms with Gasteiger partial charge >= 0.3 is 0 Å². The van der Waals surface area contributed by atoms with Crippen molar-refractivity contribution < 1.29 is 18.4 Å². The summed E-state index contributed by atoms with van der Waals surface area (Å²) in [6.45, 7) is 2.95. The molecule has 0 bridgehead atoms. The Morgan fingerprint density at radius 2 is 2.08 bits per heavy atom. The van der Waals surface area contributed by atoms with Crippen molar-refractivity contribution in [1.82, 2.24) is 39.7 Å². The molecule has 3 aromatic heterocycles. The summed E-state index contributed by atoms with van der Waals surface area (Å²) in [5, 5.41) is 12.9. The van der Waals surface area contributed by atoms with Gasteiger partial charge in [-0.25, -0.2) is 19.0 Å². The summed E-state index contributed by atoms with van der Waals surface area (Å²) in [5.41, 5.74) is 1.24. The van der Waals surface area contributed by atoms with Gasteiger partial charge in [0.2, 0.25) is 17.7 Å². The molecule has 1 saturated heterocycles. The van der Waals surface area contributed by atoms with Crippen molar-refractivity contribution in [3.63, 3.8) is 0 Å². The fourth-order valence-electron chi connectivity index (χ4n) is 5.34. The molecule has 0 radical (unpaired) electrons. The standard InChI is InChI=1S/C26H26BrFN8O3/c1-14-31-32-25(39-14)18-6-5-17(11-20(18)28)36-24-19(23(27)33-36)12-29-21(30-24)10-15-3-4-16(9-15)26(38)35-8-7-34(2)22(37)13-35/h5-6,11-12,15-16H,3-4,7-10,13H2,1-2H3/t15-,16-/m1/s1. The SMILES string of the molecule is Cc1nnc(-c2ccc(-n3nc(Br)c4cnc(C[C@@H]5CC[C@@H](C(=O)N6CCN(C)C(=O)C6)C5)nc43)cc2F)o1. The number of aryl methyl sites for hydroxylation is 1. The Morgan fingerprint density at radius 3 is 2.82 bits per heavy atom. The first-order chi connectivity index (χ1) is 18.8. The molecule has 4 aromatic rings. The molecular formula is C26H26BrFN8O3. The van der Waals surface area contributed by atoms with E-state index < -0.39 is 5.82 Å². The zero-order valence-electron chi connectivity index (χ0n) is 21.5. The minimum atomic E-state index is -0.520. The number of hydrogen-bond acceptors (Lipinski definition) is 8. The zero-order valence-corrected chi connectivity index (χ0v) is 23.1. The zero-order chi connectivity index (χ0) is 27.3.